The van der Waals surface area contributed by atoms with E-state index in [9.17, 15) is 9.90 Å². The molecule has 0 spiro atoms. The monoisotopic (exact) mass is 265 g/mol. The second-order valence-corrected chi connectivity index (χ2v) is 3.46. The first-order chi connectivity index (χ1) is 9.06. The van der Waals surface area contributed by atoms with E-state index in [1.807, 2.05) is 0 Å². The quantitative estimate of drug-likeness (QED) is 0.448. The fourth-order valence-electron chi connectivity index (χ4n) is 1.16. The first-order valence-electron chi connectivity index (χ1n) is 5.14. The van der Waals surface area contributed by atoms with Crippen molar-refractivity contribution in [2.24, 2.45) is 5.73 Å². The molecule has 0 radical (unpaired) electrons. The molecule has 6 N–H and O–H groups in total. The number of rotatable bonds is 5. The molecule has 11 nitrogen and oxygen atoms in total. The van der Waals surface area contributed by atoms with Crippen LogP contribution in [0.2, 0.25) is 0 Å². The number of amides is 1. The summed E-state index contributed by atoms with van der Waals surface area (Å²) in [6, 6.07) is 0. The summed E-state index contributed by atoms with van der Waals surface area (Å²) in [4.78, 5) is 26.1. The fourth-order valence-corrected chi connectivity index (χ4v) is 1.16. The lowest BCUT2D eigenvalue weighted by atomic mass is 10.3. The second-order valence-electron chi connectivity index (χ2n) is 3.46. The molecule has 0 fully saturated rings. The van der Waals surface area contributed by atoms with Crippen molar-refractivity contribution in [2.75, 3.05) is 17.6 Å². The van der Waals surface area contributed by atoms with Gasteiger partial charge in [-0.1, -0.05) is 0 Å². The highest BCUT2D eigenvalue weighted by Gasteiger charge is 2.12. The number of carbonyl (C=O) groups is 1. The Hall–Kier alpha value is -2.82. The normalized spacial score (nSPS) is 12.1. The average molecular weight is 265 g/mol. The van der Waals surface area contributed by atoms with Gasteiger partial charge in [0.2, 0.25) is 17.8 Å². The largest absolute Gasteiger partial charge is 0.381 e. The van der Waals surface area contributed by atoms with Crippen molar-refractivity contribution in [1.29, 1.82) is 0 Å². The lowest BCUT2D eigenvalue weighted by molar-refractivity contribution is -0.125. The van der Waals surface area contributed by atoms with Crippen molar-refractivity contribution >= 4 is 17.8 Å². The number of primary amides is 1. The molecule has 0 bridgehead atoms. The number of aliphatic hydroxyl groups excluding tert-OH is 1. The number of nitrogen functional groups attached to an aromatic ring is 1. The maximum Gasteiger partial charge on any atom is 0.258 e. The number of aromatic nitrogens is 6. The van der Waals surface area contributed by atoms with E-state index >= 15 is 0 Å². The molecular weight excluding hydrogens is 254 g/mol. The fraction of sp³-hybridized carbons (Fsp3) is 0.250. The van der Waals surface area contributed by atoms with E-state index in [0.717, 1.165) is 0 Å². The molecule has 19 heavy (non-hydrogen) atoms. The summed E-state index contributed by atoms with van der Waals surface area (Å²) in [6.07, 6.45) is 1.34. The van der Waals surface area contributed by atoms with Crippen LogP contribution in [-0.4, -0.2) is 53.4 Å². The van der Waals surface area contributed by atoms with Crippen molar-refractivity contribution in [3.05, 3.63) is 12.7 Å². The van der Waals surface area contributed by atoms with Crippen LogP contribution in [0, 0.1) is 0 Å². The molecule has 0 saturated heterocycles. The molecule has 1 amide bonds. The van der Waals surface area contributed by atoms with Gasteiger partial charge in [0.25, 0.3) is 5.95 Å². The lowest BCUT2D eigenvalue weighted by Gasteiger charge is -2.09. The third kappa shape index (κ3) is 3.10. The van der Waals surface area contributed by atoms with Crippen molar-refractivity contribution < 1.29 is 9.90 Å². The number of nitrogens with one attached hydrogen (secondary N) is 1. The van der Waals surface area contributed by atoms with Gasteiger partial charge in [-0.05, 0) is 0 Å². The molecule has 2 aromatic heterocycles. The van der Waals surface area contributed by atoms with Gasteiger partial charge in [0.15, 0.2) is 0 Å². The van der Waals surface area contributed by atoms with E-state index < -0.39 is 12.0 Å². The molecule has 1 unspecified atom stereocenters. The number of aliphatic hydroxyl groups is 1. The summed E-state index contributed by atoms with van der Waals surface area (Å²) in [7, 11) is 0. The van der Waals surface area contributed by atoms with Crippen LogP contribution in [0.4, 0.5) is 11.9 Å². The maximum atomic E-state index is 10.7. The Morgan fingerprint density at radius 1 is 1.47 bits per heavy atom. The smallest absolute Gasteiger partial charge is 0.258 e. The molecule has 0 saturated carbocycles. The van der Waals surface area contributed by atoms with Gasteiger partial charge in [0, 0.05) is 0 Å². The first-order valence-corrected chi connectivity index (χ1v) is 5.14. The predicted octanol–water partition coefficient (Wildman–Crippen LogP) is -2.71. The van der Waals surface area contributed by atoms with Gasteiger partial charge >= 0.3 is 0 Å². The summed E-state index contributed by atoms with van der Waals surface area (Å²) in [6.45, 7) is -0.143. The third-order valence-electron chi connectivity index (χ3n) is 2.05. The Balaban J connectivity index is 2.16. The Bertz CT molecular complexity index is 570. The van der Waals surface area contributed by atoms with Crippen LogP contribution >= 0.6 is 0 Å². The number of carbonyl (C=O) groups excluding carboxylic acids is 1. The molecule has 11 heteroatoms. The minimum atomic E-state index is -1.35. The lowest BCUT2D eigenvalue weighted by Crippen LogP contribution is -2.34. The number of hydrogen-bond acceptors (Lipinski definition) is 9. The summed E-state index contributed by atoms with van der Waals surface area (Å²) < 4.78 is 1.29. The topological polar surface area (TPSA) is 171 Å². The highest BCUT2D eigenvalue weighted by Crippen LogP contribution is 2.05. The van der Waals surface area contributed by atoms with Gasteiger partial charge in [-0.2, -0.15) is 24.7 Å². The van der Waals surface area contributed by atoms with Crippen molar-refractivity contribution in [3.63, 3.8) is 0 Å². The van der Waals surface area contributed by atoms with Crippen LogP contribution in [0.3, 0.4) is 0 Å². The van der Waals surface area contributed by atoms with Crippen molar-refractivity contribution in [3.8, 4) is 5.95 Å². The van der Waals surface area contributed by atoms with Crippen LogP contribution in [0.5, 0.6) is 0 Å². The molecular formula is C8H11N9O2. The zero-order valence-corrected chi connectivity index (χ0v) is 9.63. The Labute approximate surface area is 106 Å². The van der Waals surface area contributed by atoms with Gasteiger partial charge in [-0.15, -0.1) is 0 Å². The number of hydrogen-bond donors (Lipinski definition) is 4. The van der Waals surface area contributed by atoms with Crippen LogP contribution in [0.25, 0.3) is 5.95 Å². The van der Waals surface area contributed by atoms with E-state index in [1.54, 1.807) is 0 Å². The molecule has 2 rings (SSSR count). The van der Waals surface area contributed by atoms with Crippen molar-refractivity contribution in [1.82, 2.24) is 29.7 Å². The van der Waals surface area contributed by atoms with E-state index in [4.69, 9.17) is 11.5 Å². The molecule has 0 aromatic carbocycles. The highest BCUT2D eigenvalue weighted by molar-refractivity contribution is 5.79. The van der Waals surface area contributed by atoms with Gasteiger partial charge in [-0.25, -0.2) is 4.98 Å². The van der Waals surface area contributed by atoms with E-state index in [2.05, 4.69) is 30.4 Å². The molecule has 2 aromatic rings. The van der Waals surface area contributed by atoms with Gasteiger partial charge < -0.3 is 21.9 Å². The van der Waals surface area contributed by atoms with Crippen LogP contribution in [0.1, 0.15) is 0 Å². The first kappa shape index (κ1) is 12.6. The molecule has 100 valence electrons. The summed E-state index contributed by atoms with van der Waals surface area (Å²) >= 11 is 0. The third-order valence-corrected chi connectivity index (χ3v) is 2.05. The summed E-state index contributed by atoms with van der Waals surface area (Å²) in [5.74, 6) is -0.665. The predicted molar refractivity (Wildman–Crippen MR) is 62.8 cm³/mol. The van der Waals surface area contributed by atoms with Gasteiger partial charge in [-0.3, -0.25) is 4.79 Å². The maximum absolute atomic E-state index is 10.7. The molecule has 0 aliphatic rings. The second kappa shape index (κ2) is 5.22. The van der Waals surface area contributed by atoms with E-state index in [0.29, 0.717) is 0 Å². The summed E-state index contributed by atoms with van der Waals surface area (Å²) in [5, 5.41) is 15.7. The minimum absolute atomic E-state index is 0.0448. The molecule has 1 atom stereocenters. The standard InChI is InChI=1S/C8H11N9O2/c9-5(19)4(18)1-12-7-14-6(10)15-8(16-7)17-3-11-2-13-17/h2-4,18H,1H2,(H2,9,19)(H3,10,12,14,15,16). The Morgan fingerprint density at radius 3 is 2.89 bits per heavy atom. The zero-order chi connectivity index (χ0) is 13.8. The van der Waals surface area contributed by atoms with Crippen LogP contribution < -0.4 is 16.8 Å². The SMILES string of the molecule is NC(=O)C(O)CNc1nc(N)nc(-n2cncn2)n1. The van der Waals surface area contributed by atoms with Gasteiger partial charge in [0.05, 0.1) is 6.54 Å². The molecule has 0 aliphatic carbocycles. The highest BCUT2D eigenvalue weighted by atomic mass is 16.3. The number of anilines is 2. The average Bonchev–Trinajstić information content (AvgIpc) is 2.89. The molecule has 0 aliphatic heterocycles. The van der Waals surface area contributed by atoms with Crippen LogP contribution in [-0.2, 0) is 4.79 Å². The minimum Gasteiger partial charge on any atom is -0.381 e. The van der Waals surface area contributed by atoms with Crippen molar-refractivity contribution in [2.45, 2.75) is 6.10 Å². The Kier molecular flexibility index (Phi) is 3.47. The van der Waals surface area contributed by atoms with E-state index in [1.165, 1.54) is 17.3 Å². The summed E-state index contributed by atoms with van der Waals surface area (Å²) in [5.41, 5.74) is 10.4. The van der Waals surface area contributed by atoms with Crippen LogP contribution in [0.15, 0.2) is 12.7 Å². The number of nitrogens with two attached hydrogens (primary N) is 2. The van der Waals surface area contributed by atoms with Gasteiger partial charge in [0.1, 0.15) is 18.8 Å². The van der Waals surface area contributed by atoms with E-state index in [-0.39, 0.29) is 24.4 Å². The molecule has 2 heterocycles. The zero-order valence-electron chi connectivity index (χ0n) is 9.63. The Morgan fingerprint density at radius 2 is 2.26 bits per heavy atom. The number of nitrogens with zero attached hydrogens (tertiary/aromatic N) is 6.